The zero-order valence-corrected chi connectivity index (χ0v) is 14.6. The third-order valence-corrected chi connectivity index (χ3v) is 4.46. The zero-order chi connectivity index (χ0) is 16.2. The van der Waals surface area contributed by atoms with Crippen molar-refractivity contribution in [3.05, 3.63) is 28.4 Å². The molecule has 1 saturated carbocycles. The predicted octanol–water partition coefficient (Wildman–Crippen LogP) is 3.89. The molecule has 3 rings (SSSR count). The first-order valence-electron chi connectivity index (χ1n) is 7.83. The highest BCUT2D eigenvalue weighted by molar-refractivity contribution is 9.10. The quantitative estimate of drug-likeness (QED) is 0.770. The molecule has 0 saturated heterocycles. The van der Waals surface area contributed by atoms with Gasteiger partial charge < -0.3 is 19.2 Å². The molecule has 0 bridgehead atoms. The Hall–Kier alpha value is -1.53. The topological polar surface area (TPSA) is 60.7 Å². The Labute approximate surface area is 143 Å². The van der Waals surface area contributed by atoms with E-state index < -0.39 is 0 Å². The summed E-state index contributed by atoms with van der Waals surface area (Å²) in [6.45, 7) is 0.904. The lowest BCUT2D eigenvalue weighted by atomic mass is 10.1. The summed E-state index contributed by atoms with van der Waals surface area (Å²) < 4.78 is 17.0. The van der Waals surface area contributed by atoms with Crippen LogP contribution < -0.4 is 10.1 Å². The molecule has 1 amide bonds. The second-order valence-corrected chi connectivity index (χ2v) is 6.51. The Morgan fingerprint density at radius 3 is 2.83 bits per heavy atom. The molecule has 1 heterocycles. The maximum atomic E-state index is 12.5. The summed E-state index contributed by atoms with van der Waals surface area (Å²) in [7, 11) is 1.62. The third kappa shape index (κ3) is 3.87. The number of fused-ring (bicyclic) bond motifs is 1. The van der Waals surface area contributed by atoms with E-state index in [4.69, 9.17) is 13.9 Å². The molecule has 1 aliphatic rings. The first-order valence-corrected chi connectivity index (χ1v) is 8.62. The van der Waals surface area contributed by atoms with Gasteiger partial charge in [-0.05, 0) is 40.9 Å². The molecule has 1 aromatic carbocycles. The fourth-order valence-corrected chi connectivity index (χ4v) is 3.30. The molecule has 1 N–H and O–H groups in total. The van der Waals surface area contributed by atoms with Crippen molar-refractivity contribution in [3.8, 4) is 5.75 Å². The summed E-state index contributed by atoms with van der Waals surface area (Å²) in [6.07, 6.45) is 4.47. The van der Waals surface area contributed by atoms with Crippen LogP contribution in [-0.2, 0) is 4.74 Å². The zero-order valence-electron chi connectivity index (χ0n) is 13.1. The molecule has 1 aromatic heterocycles. The molecule has 5 nitrogen and oxygen atoms in total. The summed E-state index contributed by atoms with van der Waals surface area (Å²) in [5.41, 5.74) is 1.18. The molecule has 2 aromatic rings. The van der Waals surface area contributed by atoms with Crippen LogP contribution in [0.15, 0.2) is 27.3 Å². The Balaban J connectivity index is 1.85. The van der Waals surface area contributed by atoms with E-state index in [1.54, 1.807) is 19.2 Å². The van der Waals surface area contributed by atoms with Gasteiger partial charge in [0.1, 0.15) is 17.9 Å². The summed E-state index contributed by atoms with van der Waals surface area (Å²) in [6, 6.07) is 5.65. The lowest BCUT2D eigenvalue weighted by Crippen LogP contribution is -2.32. The highest BCUT2D eigenvalue weighted by atomic mass is 79.9. The van der Waals surface area contributed by atoms with Crippen molar-refractivity contribution in [2.45, 2.75) is 31.7 Å². The van der Waals surface area contributed by atoms with Gasteiger partial charge in [-0.1, -0.05) is 12.8 Å². The number of carbonyl (C=O) groups excluding carboxylic acids is 1. The fraction of sp³-hybridized carbons (Fsp3) is 0.471. The summed E-state index contributed by atoms with van der Waals surface area (Å²) in [5, 5.41) is 3.93. The fourth-order valence-electron chi connectivity index (χ4n) is 2.90. The van der Waals surface area contributed by atoms with E-state index in [2.05, 4.69) is 21.2 Å². The predicted molar refractivity (Wildman–Crippen MR) is 91.0 cm³/mol. The van der Waals surface area contributed by atoms with Crippen molar-refractivity contribution in [1.82, 2.24) is 5.32 Å². The number of benzene rings is 1. The minimum Gasteiger partial charge on any atom is -0.490 e. The van der Waals surface area contributed by atoms with Crippen LogP contribution in [0.1, 0.15) is 36.0 Å². The number of rotatable bonds is 6. The largest absolute Gasteiger partial charge is 0.490 e. The third-order valence-electron chi connectivity index (χ3n) is 4.07. The number of carbonyl (C=O) groups is 1. The van der Waals surface area contributed by atoms with Crippen LogP contribution >= 0.6 is 15.9 Å². The highest BCUT2D eigenvalue weighted by Gasteiger charge is 2.20. The molecule has 0 spiro atoms. The Morgan fingerprint density at radius 1 is 1.30 bits per heavy atom. The van der Waals surface area contributed by atoms with Crippen LogP contribution in [-0.4, -0.2) is 32.3 Å². The Morgan fingerprint density at radius 2 is 2.09 bits per heavy atom. The van der Waals surface area contributed by atoms with Crippen molar-refractivity contribution < 1.29 is 18.7 Å². The Bertz CT molecular complexity index is 691. The van der Waals surface area contributed by atoms with E-state index in [0.717, 1.165) is 18.2 Å². The number of methoxy groups -OCH3 is 1. The molecule has 23 heavy (non-hydrogen) atoms. The van der Waals surface area contributed by atoms with Gasteiger partial charge in [0.05, 0.1) is 12.0 Å². The van der Waals surface area contributed by atoms with Crippen LogP contribution in [0.4, 0.5) is 0 Å². The lowest BCUT2D eigenvalue weighted by Gasteiger charge is -2.13. The van der Waals surface area contributed by atoms with Gasteiger partial charge >= 0.3 is 0 Å². The van der Waals surface area contributed by atoms with Gasteiger partial charge in [0.25, 0.3) is 5.91 Å². The van der Waals surface area contributed by atoms with Gasteiger partial charge in [0.15, 0.2) is 4.67 Å². The van der Waals surface area contributed by atoms with Gasteiger partial charge in [-0.25, -0.2) is 0 Å². The minimum absolute atomic E-state index is 0.0806. The summed E-state index contributed by atoms with van der Waals surface area (Å²) >= 11 is 3.33. The normalized spacial score (nSPS) is 15.2. The smallest absolute Gasteiger partial charge is 0.251 e. The maximum absolute atomic E-state index is 12.5. The molecule has 1 fully saturated rings. The number of hydrogen-bond donors (Lipinski definition) is 1. The molecule has 0 aliphatic heterocycles. The van der Waals surface area contributed by atoms with Crippen molar-refractivity contribution >= 4 is 32.8 Å². The van der Waals surface area contributed by atoms with Crippen molar-refractivity contribution in [2.75, 3.05) is 20.3 Å². The molecule has 6 heteroatoms. The van der Waals surface area contributed by atoms with Crippen LogP contribution in [0.3, 0.4) is 0 Å². The highest BCUT2D eigenvalue weighted by Crippen LogP contribution is 2.33. The monoisotopic (exact) mass is 381 g/mol. The summed E-state index contributed by atoms with van der Waals surface area (Å²) in [5.74, 6) is 0.550. The lowest BCUT2D eigenvalue weighted by molar-refractivity contribution is 0.0937. The average Bonchev–Trinajstić information content (AvgIpc) is 3.15. The van der Waals surface area contributed by atoms with E-state index in [1.165, 1.54) is 12.8 Å². The second kappa shape index (κ2) is 7.36. The number of ether oxygens (including phenoxy) is 2. The standard InChI is InChI=1S/C17H20BrNO4/c1-21-6-7-22-14-8-11(9-15-13(14)10-16(18)23-15)17(20)19-12-4-2-3-5-12/h8-10,12H,2-7H2,1H3,(H,19,20). The van der Waals surface area contributed by atoms with E-state index in [0.29, 0.717) is 34.8 Å². The molecule has 0 radical (unpaired) electrons. The van der Waals surface area contributed by atoms with Crippen LogP contribution in [0.2, 0.25) is 0 Å². The minimum atomic E-state index is -0.0806. The summed E-state index contributed by atoms with van der Waals surface area (Å²) in [4.78, 5) is 12.5. The van der Waals surface area contributed by atoms with E-state index in [1.807, 2.05) is 6.07 Å². The van der Waals surface area contributed by atoms with Gasteiger partial charge in [-0.2, -0.15) is 0 Å². The van der Waals surface area contributed by atoms with E-state index >= 15 is 0 Å². The van der Waals surface area contributed by atoms with E-state index in [-0.39, 0.29) is 11.9 Å². The number of hydrogen-bond acceptors (Lipinski definition) is 4. The van der Waals surface area contributed by atoms with Gasteiger partial charge in [0, 0.05) is 24.8 Å². The molecule has 124 valence electrons. The second-order valence-electron chi connectivity index (χ2n) is 5.73. The molecular formula is C17H20BrNO4. The van der Waals surface area contributed by atoms with E-state index in [9.17, 15) is 4.79 Å². The molecular weight excluding hydrogens is 362 g/mol. The van der Waals surface area contributed by atoms with Crippen LogP contribution in [0, 0.1) is 0 Å². The first-order chi connectivity index (χ1) is 11.2. The molecule has 0 unspecified atom stereocenters. The van der Waals surface area contributed by atoms with Gasteiger partial charge in [-0.15, -0.1) is 0 Å². The average molecular weight is 382 g/mol. The van der Waals surface area contributed by atoms with Crippen LogP contribution in [0.25, 0.3) is 11.0 Å². The number of halogens is 1. The van der Waals surface area contributed by atoms with Crippen molar-refractivity contribution in [3.63, 3.8) is 0 Å². The Kier molecular flexibility index (Phi) is 5.23. The van der Waals surface area contributed by atoms with Crippen molar-refractivity contribution in [2.24, 2.45) is 0 Å². The number of furan rings is 1. The van der Waals surface area contributed by atoms with Gasteiger partial charge in [-0.3, -0.25) is 4.79 Å². The van der Waals surface area contributed by atoms with Crippen molar-refractivity contribution in [1.29, 1.82) is 0 Å². The molecule has 0 atom stereocenters. The number of nitrogens with one attached hydrogen (secondary N) is 1. The SMILES string of the molecule is COCCOc1cc(C(=O)NC2CCCC2)cc2oc(Br)cc12. The molecule has 1 aliphatic carbocycles. The maximum Gasteiger partial charge on any atom is 0.251 e. The first kappa shape index (κ1) is 16.3. The van der Waals surface area contributed by atoms with Gasteiger partial charge in [0.2, 0.25) is 0 Å². The number of amides is 1. The van der Waals surface area contributed by atoms with Crippen LogP contribution in [0.5, 0.6) is 5.75 Å².